The normalized spacial score (nSPS) is 10.3. The number of benzene rings is 2. The molecule has 2 aromatic rings. The lowest BCUT2D eigenvalue weighted by atomic mass is 10.1. The lowest BCUT2D eigenvalue weighted by Gasteiger charge is -2.08. The van der Waals surface area contributed by atoms with Gasteiger partial charge < -0.3 is 4.74 Å². The van der Waals surface area contributed by atoms with E-state index in [-0.39, 0.29) is 11.3 Å². The molecule has 0 spiro atoms. The van der Waals surface area contributed by atoms with Crippen molar-refractivity contribution in [3.05, 3.63) is 59.7 Å². The van der Waals surface area contributed by atoms with Gasteiger partial charge in [0.05, 0.1) is 0 Å². The first-order chi connectivity index (χ1) is 8.20. The molecule has 88 valence electrons. The molecule has 0 aliphatic carbocycles. The van der Waals surface area contributed by atoms with Gasteiger partial charge in [-0.25, -0.2) is 8.78 Å². The number of para-hydroxylation sites is 1. The van der Waals surface area contributed by atoms with Crippen molar-refractivity contribution in [3.8, 4) is 11.5 Å². The minimum absolute atomic E-state index is 0.0883. The Kier molecular flexibility index (Phi) is 3.38. The summed E-state index contributed by atoms with van der Waals surface area (Å²) in [4.78, 5) is 0. The summed E-state index contributed by atoms with van der Waals surface area (Å²) in [6, 6.07) is 11.3. The zero-order valence-electron chi connectivity index (χ0n) is 9.41. The van der Waals surface area contributed by atoms with Crippen molar-refractivity contribution in [2.24, 2.45) is 0 Å². The van der Waals surface area contributed by atoms with Crippen LogP contribution in [0.1, 0.15) is 12.5 Å². The summed E-state index contributed by atoms with van der Waals surface area (Å²) < 4.78 is 32.3. The zero-order chi connectivity index (χ0) is 12.3. The molecule has 1 nitrogen and oxygen atoms in total. The van der Waals surface area contributed by atoms with E-state index in [2.05, 4.69) is 0 Å². The molecule has 0 N–H and O–H groups in total. The molecule has 0 fully saturated rings. The molecule has 0 unspecified atom stereocenters. The summed E-state index contributed by atoms with van der Waals surface area (Å²) in [6.07, 6.45) is 0.323. The van der Waals surface area contributed by atoms with Gasteiger partial charge in [-0.2, -0.15) is 0 Å². The third kappa shape index (κ3) is 2.61. The molecule has 3 heteroatoms. The fourth-order valence-corrected chi connectivity index (χ4v) is 1.60. The van der Waals surface area contributed by atoms with Crippen molar-refractivity contribution < 1.29 is 13.5 Å². The number of hydrogen-bond acceptors (Lipinski definition) is 1. The molecule has 0 radical (unpaired) electrons. The largest absolute Gasteiger partial charge is 0.457 e. The summed E-state index contributed by atoms with van der Waals surface area (Å²) in [5.74, 6) is -0.421. The lowest BCUT2D eigenvalue weighted by Crippen LogP contribution is -1.95. The highest BCUT2D eigenvalue weighted by atomic mass is 19.1. The smallest absolute Gasteiger partial charge is 0.133 e. The molecule has 0 aliphatic heterocycles. The quantitative estimate of drug-likeness (QED) is 0.768. The maximum Gasteiger partial charge on any atom is 0.133 e. The topological polar surface area (TPSA) is 9.23 Å². The fraction of sp³-hybridized carbons (Fsp3) is 0.143. The van der Waals surface area contributed by atoms with E-state index in [9.17, 15) is 8.78 Å². The molecule has 0 aromatic heterocycles. The molecule has 2 aromatic carbocycles. The summed E-state index contributed by atoms with van der Waals surface area (Å²) in [6.45, 7) is 1.71. The van der Waals surface area contributed by atoms with E-state index in [1.165, 1.54) is 12.1 Å². The standard InChI is InChI=1S/C14H12F2O/c1-2-12-13(15)8-11(9-14(12)16)17-10-6-4-3-5-7-10/h3-9H,2H2,1H3. The van der Waals surface area contributed by atoms with Gasteiger partial charge in [0.15, 0.2) is 0 Å². The summed E-state index contributed by atoms with van der Waals surface area (Å²) in [5, 5.41) is 0. The molecule has 0 aliphatic rings. The van der Waals surface area contributed by atoms with Crippen LogP contribution in [0.15, 0.2) is 42.5 Å². The van der Waals surface area contributed by atoms with Gasteiger partial charge >= 0.3 is 0 Å². The van der Waals surface area contributed by atoms with Crippen LogP contribution in [0.25, 0.3) is 0 Å². The number of rotatable bonds is 3. The lowest BCUT2D eigenvalue weighted by molar-refractivity contribution is 0.464. The van der Waals surface area contributed by atoms with Crippen LogP contribution in [0.2, 0.25) is 0 Å². The Morgan fingerprint density at radius 3 is 2.06 bits per heavy atom. The van der Waals surface area contributed by atoms with Gasteiger partial charge in [0.1, 0.15) is 23.1 Å². The number of halogens is 2. The van der Waals surface area contributed by atoms with Crippen molar-refractivity contribution >= 4 is 0 Å². The Morgan fingerprint density at radius 1 is 0.941 bits per heavy atom. The van der Waals surface area contributed by atoms with Crippen molar-refractivity contribution in [2.45, 2.75) is 13.3 Å². The van der Waals surface area contributed by atoms with Crippen molar-refractivity contribution in [1.82, 2.24) is 0 Å². The van der Waals surface area contributed by atoms with E-state index >= 15 is 0 Å². The monoisotopic (exact) mass is 234 g/mol. The van der Waals surface area contributed by atoms with Crippen LogP contribution in [-0.4, -0.2) is 0 Å². The fourth-order valence-electron chi connectivity index (χ4n) is 1.60. The van der Waals surface area contributed by atoms with Crippen molar-refractivity contribution in [3.63, 3.8) is 0 Å². The first-order valence-corrected chi connectivity index (χ1v) is 5.41. The molecule has 0 atom stereocenters. The predicted molar refractivity (Wildman–Crippen MR) is 62.3 cm³/mol. The molecule has 0 heterocycles. The van der Waals surface area contributed by atoms with E-state index in [0.717, 1.165) is 0 Å². The van der Waals surface area contributed by atoms with Crippen molar-refractivity contribution in [1.29, 1.82) is 0 Å². The third-order valence-corrected chi connectivity index (χ3v) is 2.45. The Balaban J connectivity index is 2.29. The van der Waals surface area contributed by atoms with Crippen LogP contribution in [0, 0.1) is 11.6 Å². The number of ether oxygens (including phenoxy) is 1. The highest BCUT2D eigenvalue weighted by molar-refractivity contribution is 5.34. The average molecular weight is 234 g/mol. The first kappa shape index (κ1) is 11.6. The predicted octanol–water partition coefficient (Wildman–Crippen LogP) is 4.32. The SMILES string of the molecule is CCc1c(F)cc(Oc2ccccc2)cc1F. The summed E-state index contributed by atoms with van der Waals surface area (Å²) in [5.41, 5.74) is 0.0883. The van der Waals surface area contributed by atoms with E-state index < -0.39 is 11.6 Å². The Hall–Kier alpha value is -1.90. The van der Waals surface area contributed by atoms with Gasteiger partial charge in [0.2, 0.25) is 0 Å². The molecule has 2 rings (SSSR count). The van der Waals surface area contributed by atoms with Gasteiger partial charge in [0, 0.05) is 17.7 Å². The number of hydrogen-bond donors (Lipinski definition) is 0. The van der Waals surface area contributed by atoms with Crippen LogP contribution in [0.4, 0.5) is 8.78 Å². The second-order valence-corrected chi connectivity index (χ2v) is 3.63. The first-order valence-electron chi connectivity index (χ1n) is 5.41. The Labute approximate surface area is 98.7 Å². The van der Waals surface area contributed by atoms with Crippen LogP contribution in [0.5, 0.6) is 11.5 Å². The molecule has 0 saturated carbocycles. The van der Waals surface area contributed by atoms with E-state index in [1.54, 1.807) is 31.2 Å². The van der Waals surface area contributed by atoms with Crippen LogP contribution >= 0.6 is 0 Å². The summed E-state index contributed by atoms with van der Waals surface area (Å²) >= 11 is 0. The van der Waals surface area contributed by atoms with Crippen LogP contribution < -0.4 is 4.74 Å². The molecular weight excluding hydrogens is 222 g/mol. The van der Waals surface area contributed by atoms with Gasteiger partial charge in [0.25, 0.3) is 0 Å². The van der Waals surface area contributed by atoms with Gasteiger partial charge in [-0.15, -0.1) is 0 Å². The molecule has 0 saturated heterocycles. The minimum atomic E-state index is -0.571. The minimum Gasteiger partial charge on any atom is -0.457 e. The molecule has 17 heavy (non-hydrogen) atoms. The van der Waals surface area contributed by atoms with Crippen LogP contribution in [0.3, 0.4) is 0 Å². The van der Waals surface area contributed by atoms with E-state index in [4.69, 9.17) is 4.74 Å². The van der Waals surface area contributed by atoms with E-state index in [0.29, 0.717) is 12.2 Å². The molecular formula is C14H12F2O. The second kappa shape index (κ2) is 4.95. The maximum atomic E-state index is 13.5. The van der Waals surface area contributed by atoms with Gasteiger partial charge in [-0.05, 0) is 18.6 Å². The van der Waals surface area contributed by atoms with E-state index in [1.807, 2.05) is 6.07 Å². The average Bonchev–Trinajstić information content (AvgIpc) is 2.30. The zero-order valence-corrected chi connectivity index (χ0v) is 9.41. The Morgan fingerprint density at radius 2 is 1.53 bits per heavy atom. The Bertz CT molecular complexity index is 486. The molecule has 0 amide bonds. The maximum absolute atomic E-state index is 13.5. The summed E-state index contributed by atoms with van der Waals surface area (Å²) in [7, 11) is 0. The van der Waals surface area contributed by atoms with Gasteiger partial charge in [-0.1, -0.05) is 25.1 Å². The second-order valence-electron chi connectivity index (χ2n) is 3.63. The van der Waals surface area contributed by atoms with Crippen molar-refractivity contribution in [2.75, 3.05) is 0 Å². The molecule has 0 bridgehead atoms. The third-order valence-electron chi connectivity index (χ3n) is 2.45. The van der Waals surface area contributed by atoms with Gasteiger partial charge in [-0.3, -0.25) is 0 Å². The van der Waals surface area contributed by atoms with Crippen LogP contribution in [-0.2, 0) is 6.42 Å². The highest BCUT2D eigenvalue weighted by Crippen LogP contribution is 2.25. The highest BCUT2D eigenvalue weighted by Gasteiger charge is 2.10.